The van der Waals surface area contributed by atoms with Crippen LogP contribution >= 0.6 is 0 Å². The minimum atomic E-state index is -1.69. The summed E-state index contributed by atoms with van der Waals surface area (Å²) >= 11 is 0. The molecule has 16 heteroatoms. The SMILES string of the molecule is CO[C@@H]1[C@@H](O)[C@@H](O)[C@H](O[C@H]2[C@H](O)[C@@H](O[C@@H]3O[C@@H](C)[C@H](O)[C@@H](O)[C@H]3O)[C@H](O[C@H]3CC[C@@]4(C)C(=CC[C@H]5[C@@H]6C[C@@H]7O[C@]8(CC[C@@H](C)CO8)[C@@H](C)[C@@H]7[C@@]6(C)CC[C@@H]54)C3)O[C@@H]2CO)O[C@H]1C. The molecule has 0 bridgehead atoms. The molecule has 7 N–H and O–H groups in total. The van der Waals surface area contributed by atoms with Crippen molar-refractivity contribution in [3.63, 3.8) is 0 Å². The second-order valence-electron chi connectivity index (χ2n) is 21.3. The summed E-state index contributed by atoms with van der Waals surface area (Å²) in [7, 11) is 1.39. The minimum Gasteiger partial charge on any atom is -0.394 e. The summed E-state index contributed by atoms with van der Waals surface area (Å²) in [4.78, 5) is 0. The molecule has 8 fully saturated rings. The van der Waals surface area contributed by atoms with Gasteiger partial charge in [-0.3, -0.25) is 0 Å². The van der Waals surface area contributed by atoms with E-state index < -0.39 is 105 Å². The first-order valence-electron chi connectivity index (χ1n) is 23.6. The van der Waals surface area contributed by atoms with Crippen LogP contribution in [0.4, 0.5) is 0 Å². The fourth-order valence-corrected chi connectivity index (χ4v) is 14.3. The fraction of sp³-hybridized carbons (Fsp3) is 0.957. The summed E-state index contributed by atoms with van der Waals surface area (Å²) in [5.74, 6) is 2.68. The van der Waals surface area contributed by atoms with E-state index in [1.54, 1.807) is 6.92 Å². The molecule has 0 aromatic heterocycles. The van der Waals surface area contributed by atoms with E-state index in [2.05, 4.69) is 33.8 Å². The zero-order valence-corrected chi connectivity index (χ0v) is 37.4. The molecule has 1 spiro atoms. The lowest BCUT2D eigenvalue weighted by Crippen LogP contribution is -2.66. The monoisotopic (exact) mass is 882 g/mol. The number of hydrogen-bond acceptors (Lipinski definition) is 16. The van der Waals surface area contributed by atoms with E-state index in [1.165, 1.54) is 26.0 Å². The summed E-state index contributed by atoms with van der Waals surface area (Å²) in [6, 6.07) is 0. The normalized spacial score (nSPS) is 57.6. The molecule has 5 heterocycles. The Morgan fingerprint density at radius 1 is 0.710 bits per heavy atom. The molecule has 9 aliphatic rings. The largest absolute Gasteiger partial charge is 0.394 e. The molecule has 62 heavy (non-hydrogen) atoms. The Labute approximate surface area is 365 Å². The van der Waals surface area contributed by atoms with E-state index in [0.29, 0.717) is 48.3 Å². The standard InChI is InChI=1S/C46H74O16/c1-20-10-15-46(55-19-20)21(2)31-29(62-46)17-28-26-9-8-24-16-25(11-13-44(24,5)27(26)12-14-45(28,31)6)58-43-40(61-41-35(51)33(49)32(48)22(3)56-41)37(53)39(30(18-47)59-43)60-42-36(52)34(50)38(54-7)23(4)57-42/h8,20-23,25-43,47-53H,9-19H2,1-7H3/t20-,21+,22+,23+,25+,26-,27+,28+,29+,30-,31+,32+,33-,34+,35-,36-,37+,38+,39-,40-,41+,42+,43-,44+,45+,46-/m1/s1. The van der Waals surface area contributed by atoms with Gasteiger partial charge in [0.15, 0.2) is 24.7 Å². The van der Waals surface area contributed by atoms with Crippen LogP contribution in [0.3, 0.4) is 0 Å². The first-order chi connectivity index (χ1) is 29.4. The van der Waals surface area contributed by atoms with Gasteiger partial charge in [-0.15, -0.1) is 0 Å². The highest BCUT2D eigenvalue weighted by Crippen LogP contribution is 2.70. The van der Waals surface area contributed by atoms with Crippen molar-refractivity contribution >= 4 is 0 Å². The van der Waals surface area contributed by atoms with Crippen LogP contribution in [-0.4, -0.2) is 166 Å². The summed E-state index contributed by atoms with van der Waals surface area (Å²) < 4.78 is 55.9. The highest BCUT2D eigenvalue weighted by Gasteiger charge is 2.69. The van der Waals surface area contributed by atoms with Crippen LogP contribution in [0.25, 0.3) is 0 Å². The van der Waals surface area contributed by atoms with Crippen molar-refractivity contribution in [2.24, 2.45) is 46.3 Å². The van der Waals surface area contributed by atoms with E-state index >= 15 is 0 Å². The summed E-state index contributed by atoms with van der Waals surface area (Å²) in [6.45, 7) is 13.0. The van der Waals surface area contributed by atoms with Gasteiger partial charge in [0, 0.05) is 19.4 Å². The first kappa shape index (κ1) is 46.2. The summed E-state index contributed by atoms with van der Waals surface area (Å²) in [5, 5.41) is 76.4. The van der Waals surface area contributed by atoms with Crippen LogP contribution in [0.15, 0.2) is 11.6 Å². The Morgan fingerprint density at radius 3 is 2.11 bits per heavy atom. The summed E-state index contributed by atoms with van der Waals surface area (Å²) in [6.07, 6.45) is -8.82. The molecular formula is C46H74O16. The van der Waals surface area contributed by atoms with Crippen molar-refractivity contribution in [3.05, 3.63) is 11.6 Å². The number of methoxy groups -OCH3 is 1. The lowest BCUT2D eigenvalue weighted by Gasteiger charge is -2.58. The molecule has 0 amide bonds. The number of fused-ring (bicyclic) bond motifs is 7. The van der Waals surface area contributed by atoms with Crippen LogP contribution in [0.2, 0.25) is 0 Å². The van der Waals surface area contributed by atoms with Gasteiger partial charge in [0.1, 0.15) is 61.0 Å². The van der Waals surface area contributed by atoms with Crippen molar-refractivity contribution in [2.75, 3.05) is 20.3 Å². The van der Waals surface area contributed by atoms with E-state index in [9.17, 15) is 35.7 Å². The fourth-order valence-electron chi connectivity index (χ4n) is 14.3. The number of hydrogen-bond donors (Lipinski definition) is 7. The van der Waals surface area contributed by atoms with Crippen molar-refractivity contribution < 1.29 is 78.4 Å². The number of aliphatic hydroxyl groups excluding tert-OH is 7. The Kier molecular flexibility index (Phi) is 12.9. The molecule has 0 unspecified atom stereocenters. The second-order valence-corrected chi connectivity index (χ2v) is 21.3. The second kappa shape index (κ2) is 17.3. The molecule has 4 aliphatic carbocycles. The van der Waals surface area contributed by atoms with Crippen LogP contribution in [0.1, 0.15) is 99.3 Å². The molecule has 354 valence electrons. The Hall–Kier alpha value is -0.900. The van der Waals surface area contributed by atoms with E-state index in [1.807, 2.05) is 0 Å². The number of aliphatic hydroxyl groups is 7. The molecule has 16 nitrogen and oxygen atoms in total. The zero-order chi connectivity index (χ0) is 44.2. The third-order valence-electron chi connectivity index (χ3n) is 17.9. The van der Waals surface area contributed by atoms with Crippen molar-refractivity contribution in [2.45, 2.75) is 209 Å². The van der Waals surface area contributed by atoms with Crippen LogP contribution in [-0.2, 0) is 42.6 Å². The van der Waals surface area contributed by atoms with Gasteiger partial charge in [0.05, 0.1) is 37.6 Å². The lowest BCUT2D eigenvalue weighted by molar-refractivity contribution is -0.389. The molecule has 5 aliphatic heterocycles. The van der Waals surface area contributed by atoms with Crippen LogP contribution < -0.4 is 0 Å². The topological polar surface area (TPSA) is 225 Å². The highest BCUT2D eigenvalue weighted by atomic mass is 16.8. The average Bonchev–Trinajstić information content (AvgIpc) is 3.69. The van der Waals surface area contributed by atoms with Gasteiger partial charge < -0.3 is 78.4 Å². The van der Waals surface area contributed by atoms with Crippen LogP contribution in [0.5, 0.6) is 0 Å². The Bertz CT molecular complexity index is 1610. The van der Waals surface area contributed by atoms with Gasteiger partial charge in [0.25, 0.3) is 0 Å². The molecule has 3 saturated carbocycles. The molecule has 0 aromatic carbocycles. The molecule has 5 saturated heterocycles. The number of ether oxygens (including phenoxy) is 9. The van der Waals surface area contributed by atoms with Gasteiger partial charge in [-0.1, -0.05) is 39.3 Å². The molecule has 0 radical (unpaired) electrons. The van der Waals surface area contributed by atoms with Gasteiger partial charge in [-0.2, -0.15) is 0 Å². The van der Waals surface area contributed by atoms with Crippen molar-refractivity contribution in [1.29, 1.82) is 0 Å². The highest BCUT2D eigenvalue weighted by molar-refractivity contribution is 5.26. The van der Waals surface area contributed by atoms with Gasteiger partial charge in [-0.25, -0.2) is 0 Å². The zero-order valence-electron chi connectivity index (χ0n) is 37.4. The Morgan fingerprint density at radius 2 is 1.42 bits per heavy atom. The number of rotatable bonds is 8. The molecule has 9 rings (SSSR count). The van der Waals surface area contributed by atoms with Gasteiger partial charge in [-0.05, 0) is 106 Å². The summed E-state index contributed by atoms with van der Waals surface area (Å²) in [5.41, 5.74) is 1.56. The maximum atomic E-state index is 12.1. The maximum Gasteiger partial charge on any atom is 0.187 e. The molecule has 26 atom stereocenters. The van der Waals surface area contributed by atoms with Crippen LogP contribution in [0, 0.1) is 46.3 Å². The van der Waals surface area contributed by atoms with E-state index in [-0.39, 0.29) is 23.0 Å². The number of allylic oxidation sites excluding steroid dienone is 1. The lowest BCUT2D eigenvalue weighted by atomic mass is 9.47. The Balaban J connectivity index is 0.915. The van der Waals surface area contributed by atoms with E-state index in [0.717, 1.165) is 45.1 Å². The van der Waals surface area contributed by atoms with Crippen molar-refractivity contribution in [1.82, 2.24) is 0 Å². The third-order valence-corrected chi connectivity index (χ3v) is 17.9. The van der Waals surface area contributed by atoms with Gasteiger partial charge in [0.2, 0.25) is 0 Å². The average molecular weight is 883 g/mol. The predicted molar refractivity (Wildman–Crippen MR) is 218 cm³/mol. The van der Waals surface area contributed by atoms with E-state index in [4.69, 9.17) is 42.6 Å². The predicted octanol–water partition coefficient (Wildman–Crippen LogP) is 1.90. The van der Waals surface area contributed by atoms with Gasteiger partial charge >= 0.3 is 0 Å². The smallest absolute Gasteiger partial charge is 0.187 e. The third kappa shape index (κ3) is 7.50. The molecule has 0 aromatic rings. The minimum absolute atomic E-state index is 0.00888. The quantitative estimate of drug-likeness (QED) is 0.173. The van der Waals surface area contributed by atoms with Crippen molar-refractivity contribution in [3.8, 4) is 0 Å². The first-order valence-corrected chi connectivity index (χ1v) is 23.6. The maximum absolute atomic E-state index is 12.1. The molecular weight excluding hydrogens is 808 g/mol.